The van der Waals surface area contributed by atoms with Crippen LogP contribution in [-0.4, -0.2) is 33.4 Å². The first-order chi connectivity index (χ1) is 13.7. The molecule has 0 saturated carbocycles. The van der Waals surface area contributed by atoms with Crippen molar-refractivity contribution in [2.45, 2.75) is 11.6 Å². The van der Waals surface area contributed by atoms with Crippen molar-refractivity contribution in [3.05, 3.63) is 65.3 Å². The van der Waals surface area contributed by atoms with Gasteiger partial charge in [0.05, 0.1) is 5.75 Å². The van der Waals surface area contributed by atoms with E-state index in [0.717, 1.165) is 17.5 Å². The van der Waals surface area contributed by atoms with Crippen LogP contribution in [0.5, 0.6) is 0 Å². The molecule has 1 amide bonds. The highest BCUT2D eigenvalue weighted by molar-refractivity contribution is 7.99. The summed E-state index contributed by atoms with van der Waals surface area (Å²) in [4.78, 5) is 15.3. The molecule has 4 aromatic rings. The molecule has 28 heavy (non-hydrogen) atoms. The molecule has 0 unspecified atom stereocenters. The number of fused-ring (bicyclic) bond motifs is 1. The van der Waals surface area contributed by atoms with E-state index in [9.17, 15) is 4.79 Å². The number of hydrogen-bond donors (Lipinski definition) is 2. The molecule has 0 spiro atoms. The van der Waals surface area contributed by atoms with E-state index in [2.05, 4.69) is 26.6 Å². The standard InChI is InChI=1S/C20H17ClN4O2S/c21-15-7-5-13(6-8-15)19-24-25-20(27-19)28-12-18(26)22-10-9-14-11-23-17-4-2-1-3-16(14)17/h1-8,11,23H,9-10,12H2,(H,22,26). The molecule has 0 aliphatic carbocycles. The lowest BCUT2D eigenvalue weighted by Crippen LogP contribution is -2.27. The van der Waals surface area contributed by atoms with Crippen LogP contribution in [-0.2, 0) is 11.2 Å². The van der Waals surface area contributed by atoms with Gasteiger partial charge in [-0.1, -0.05) is 41.6 Å². The van der Waals surface area contributed by atoms with Gasteiger partial charge >= 0.3 is 0 Å². The minimum Gasteiger partial charge on any atom is -0.411 e. The van der Waals surface area contributed by atoms with Crippen LogP contribution in [0.25, 0.3) is 22.4 Å². The van der Waals surface area contributed by atoms with Crippen LogP contribution in [0, 0.1) is 0 Å². The van der Waals surface area contributed by atoms with E-state index in [1.54, 1.807) is 12.1 Å². The molecule has 0 fully saturated rings. The van der Waals surface area contributed by atoms with Crippen molar-refractivity contribution in [3.8, 4) is 11.5 Å². The summed E-state index contributed by atoms with van der Waals surface area (Å²) in [5.74, 6) is 0.547. The molecule has 2 N–H and O–H groups in total. The predicted octanol–water partition coefficient (Wildman–Crippen LogP) is 4.32. The topological polar surface area (TPSA) is 83.8 Å². The first-order valence-electron chi connectivity index (χ1n) is 8.73. The lowest BCUT2D eigenvalue weighted by atomic mass is 10.1. The number of amides is 1. The average Bonchev–Trinajstić information content (AvgIpc) is 3.35. The van der Waals surface area contributed by atoms with E-state index in [4.69, 9.17) is 16.0 Å². The molecular weight excluding hydrogens is 396 g/mol. The summed E-state index contributed by atoms with van der Waals surface area (Å²) in [6.07, 6.45) is 2.75. The summed E-state index contributed by atoms with van der Waals surface area (Å²) in [5, 5.41) is 13.1. The second-order valence-corrected chi connectivity index (χ2v) is 7.49. The van der Waals surface area contributed by atoms with Crippen LogP contribution < -0.4 is 5.32 Å². The summed E-state index contributed by atoms with van der Waals surface area (Å²) >= 11 is 7.09. The molecule has 6 nitrogen and oxygen atoms in total. The molecule has 0 saturated heterocycles. The normalized spacial score (nSPS) is 11.0. The van der Waals surface area contributed by atoms with Gasteiger partial charge in [-0.2, -0.15) is 0 Å². The summed E-state index contributed by atoms with van der Waals surface area (Å²) in [7, 11) is 0. The van der Waals surface area contributed by atoms with Crippen molar-refractivity contribution >= 4 is 40.2 Å². The first-order valence-corrected chi connectivity index (χ1v) is 10.1. The summed E-state index contributed by atoms with van der Waals surface area (Å²) in [6.45, 7) is 0.571. The van der Waals surface area contributed by atoms with Crippen molar-refractivity contribution in [2.75, 3.05) is 12.3 Å². The van der Waals surface area contributed by atoms with E-state index in [-0.39, 0.29) is 11.7 Å². The summed E-state index contributed by atoms with van der Waals surface area (Å²) in [6, 6.07) is 15.3. The van der Waals surface area contributed by atoms with E-state index < -0.39 is 0 Å². The first kappa shape index (κ1) is 18.6. The molecule has 0 aliphatic rings. The molecule has 0 radical (unpaired) electrons. The van der Waals surface area contributed by atoms with Crippen LogP contribution in [0.3, 0.4) is 0 Å². The van der Waals surface area contributed by atoms with E-state index in [1.807, 2.05) is 36.5 Å². The van der Waals surface area contributed by atoms with Crippen LogP contribution >= 0.6 is 23.4 Å². The highest BCUT2D eigenvalue weighted by atomic mass is 35.5. The number of para-hydroxylation sites is 1. The molecule has 2 heterocycles. The van der Waals surface area contributed by atoms with Gasteiger partial charge in [0.25, 0.3) is 5.22 Å². The number of carbonyl (C=O) groups excluding carboxylic acids is 1. The number of H-pyrrole nitrogens is 1. The second kappa shape index (κ2) is 8.50. The maximum atomic E-state index is 12.1. The summed E-state index contributed by atoms with van der Waals surface area (Å²) in [5.41, 5.74) is 3.08. The Hall–Kier alpha value is -2.77. The maximum absolute atomic E-state index is 12.1. The van der Waals surface area contributed by atoms with Crippen LogP contribution in [0.1, 0.15) is 5.56 Å². The Labute approximate surface area is 170 Å². The molecule has 8 heteroatoms. The highest BCUT2D eigenvalue weighted by Crippen LogP contribution is 2.24. The molecule has 0 bridgehead atoms. The van der Waals surface area contributed by atoms with Gasteiger partial charge in [0.15, 0.2) is 0 Å². The molecule has 142 valence electrons. The smallest absolute Gasteiger partial charge is 0.277 e. The van der Waals surface area contributed by atoms with E-state index >= 15 is 0 Å². The minimum atomic E-state index is -0.0731. The zero-order valence-corrected chi connectivity index (χ0v) is 16.4. The Bertz CT molecular complexity index is 1090. The van der Waals surface area contributed by atoms with Gasteiger partial charge in [0, 0.05) is 34.2 Å². The van der Waals surface area contributed by atoms with Gasteiger partial charge < -0.3 is 14.7 Å². The monoisotopic (exact) mass is 412 g/mol. The number of nitrogens with zero attached hydrogens (tertiary/aromatic N) is 2. The Kier molecular flexibility index (Phi) is 5.64. The maximum Gasteiger partial charge on any atom is 0.277 e. The quantitative estimate of drug-likeness (QED) is 0.441. The number of hydrogen-bond acceptors (Lipinski definition) is 5. The molecule has 4 rings (SSSR count). The van der Waals surface area contributed by atoms with Crippen molar-refractivity contribution in [1.29, 1.82) is 0 Å². The second-order valence-electron chi connectivity index (χ2n) is 6.13. The fraction of sp³-hybridized carbons (Fsp3) is 0.150. The van der Waals surface area contributed by atoms with Crippen molar-refractivity contribution in [2.24, 2.45) is 0 Å². The molecule has 2 aromatic carbocycles. The number of nitrogens with one attached hydrogen (secondary N) is 2. The zero-order chi connectivity index (χ0) is 19.3. The average molecular weight is 413 g/mol. The van der Waals surface area contributed by atoms with Gasteiger partial charge in [-0.3, -0.25) is 4.79 Å². The van der Waals surface area contributed by atoms with Crippen LogP contribution in [0.2, 0.25) is 5.02 Å². The number of carbonyl (C=O) groups is 1. The van der Waals surface area contributed by atoms with E-state index in [1.165, 1.54) is 22.7 Å². The zero-order valence-electron chi connectivity index (χ0n) is 14.8. The summed E-state index contributed by atoms with van der Waals surface area (Å²) < 4.78 is 5.59. The van der Waals surface area contributed by atoms with Gasteiger partial charge in [0.2, 0.25) is 11.8 Å². The minimum absolute atomic E-state index is 0.0731. The number of aromatic nitrogens is 3. The van der Waals surface area contributed by atoms with E-state index in [0.29, 0.717) is 22.7 Å². The van der Waals surface area contributed by atoms with Gasteiger partial charge in [-0.25, -0.2) is 0 Å². The van der Waals surface area contributed by atoms with Gasteiger partial charge in [0.1, 0.15) is 0 Å². The number of benzene rings is 2. The van der Waals surface area contributed by atoms with Gasteiger partial charge in [-0.05, 0) is 42.3 Å². The fourth-order valence-corrected chi connectivity index (χ4v) is 3.55. The highest BCUT2D eigenvalue weighted by Gasteiger charge is 2.11. The third-order valence-corrected chi connectivity index (χ3v) is 5.29. The van der Waals surface area contributed by atoms with Crippen molar-refractivity contribution in [3.63, 3.8) is 0 Å². The molecule has 0 aliphatic heterocycles. The number of thioether (sulfide) groups is 1. The molecule has 2 aromatic heterocycles. The largest absolute Gasteiger partial charge is 0.411 e. The number of rotatable bonds is 7. The number of halogens is 1. The third-order valence-electron chi connectivity index (χ3n) is 4.22. The fourth-order valence-electron chi connectivity index (χ4n) is 2.83. The Morgan fingerprint density at radius 2 is 1.96 bits per heavy atom. The lowest BCUT2D eigenvalue weighted by Gasteiger charge is -2.03. The Morgan fingerprint density at radius 3 is 2.82 bits per heavy atom. The van der Waals surface area contributed by atoms with Crippen LogP contribution in [0.15, 0.2) is 64.4 Å². The lowest BCUT2D eigenvalue weighted by molar-refractivity contribution is -0.118. The van der Waals surface area contributed by atoms with Gasteiger partial charge in [-0.15, -0.1) is 10.2 Å². The Morgan fingerprint density at radius 1 is 1.14 bits per heavy atom. The van der Waals surface area contributed by atoms with Crippen LogP contribution in [0.4, 0.5) is 0 Å². The Balaban J connectivity index is 1.25. The third kappa shape index (κ3) is 4.37. The number of aromatic amines is 1. The molecule has 0 atom stereocenters. The predicted molar refractivity (Wildman–Crippen MR) is 110 cm³/mol. The van der Waals surface area contributed by atoms with Crippen molar-refractivity contribution in [1.82, 2.24) is 20.5 Å². The van der Waals surface area contributed by atoms with Crippen molar-refractivity contribution < 1.29 is 9.21 Å². The SMILES string of the molecule is O=C(CSc1nnc(-c2ccc(Cl)cc2)o1)NCCc1c[nH]c2ccccc12. The molecular formula is C20H17ClN4O2S.